The molecule has 1 atom stereocenters. The van der Waals surface area contributed by atoms with Gasteiger partial charge >= 0.3 is 0 Å². The zero-order chi connectivity index (χ0) is 12.3. The summed E-state index contributed by atoms with van der Waals surface area (Å²) >= 11 is 5.84. The van der Waals surface area contributed by atoms with E-state index in [0.717, 1.165) is 31.5 Å². The highest BCUT2D eigenvalue weighted by Gasteiger charge is 2.38. The first-order chi connectivity index (χ1) is 8.16. The van der Waals surface area contributed by atoms with E-state index in [-0.39, 0.29) is 5.41 Å². The van der Waals surface area contributed by atoms with Crippen LogP contribution in [0.2, 0.25) is 5.02 Å². The van der Waals surface area contributed by atoms with E-state index in [1.165, 1.54) is 0 Å². The van der Waals surface area contributed by atoms with Gasteiger partial charge in [0.1, 0.15) is 5.78 Å². The van der Waals surface area contributed by atoms with Crippen molar-refractivity contribution in [1.82, 2.24) is 5.32 Å². The summed E-state index contributed by atoms with van der Waals surface area (Å²) in [5.74, 6) is 0.354. The van der Waals surface area contributed by atoms with E-state index in [2.05, 4.69) is 12.2 Å². The minimum absolute atomic E-state index is 0.139. The van der Waals surface area contributed by atoms with Crippen molar-refractivity contribution in [2.24, 2.45) is 5.41 Å². The summed E-state index contributed by atoms with van der Waals surface area (Å²) in [5, 5.41) is 4.01. The lowest BCUT2D eigenvalue weighted by Crippen LogP contribution is -2.34. The van der Waals surface area contributed by atoms with Gasteiger partial charge in [-0.1, -0.05) is 30.7 Å². The third-order valence-corrected chi connectivity index (χ3v) is 4.04. The molecule has 0 aliphatic carbocycles. The summed E-state index contributed by atoms with van der Waals surface area (Å²) in [6, 6.07) is 7.56. The summed E-state index contributed by atoms with van der Waals surface area (Å²) in [6.07, 6.45) is 2.41. The first kappa shape index (κ1) is 12.6. The van der Waals surface area contributed by atoms with Gasteiger partial charge < -0.3 is 5.32 Å². The molecule has 3 heteroatoms. The second-order valence-electron chi connectivity index (χ2n) is 4.79. The fraction of sp³-hybridized carbons (Fsp3) is 0.500. The second-order valence-corrected chi connectivity index (χ2v) is 5.22. The Morgan fingerprint density at radius 3 is 2.65 bits per heavy atom. The van der Waals surface area contributed by atoms with Crippen LogP contribution >= 0.6 is 11.6 Å². The molecule has 0 radical (unpaired) electrons. The summed E-state index contributed by atoms with van der Waals surface area (Å²) in [5.41, 5.74) is 0.915. The van der Waals surface area contributed by atoms with Crippen LogP contribution in [0.25, 0.3) is 0 Å². The Morgan fingerprint density at radius 1 is 1.41 bits per heavy atom. The molecule has 1 unspecified atom stereocenters. The van der Waals surface area contributed by atoms with Gasteiger partial charge in [0, 0.05) is 23.4 Å². The van der Waals surface area contributed by atoms with Crippen molar-refractivity contribution < 1.29 is 4.79 Å². The SMILES string of the molecule is CCC1(C(=O)Cc2ccc(Cl)cc2)CCNC1. The van der Waals surface area contributed by atoms with E-state index in [4.69, 9.17) is 11.6 Å². The lowest BCUT2D eigenvalue weighted by atomic mass is 9.78. The molecule has 1 aliphatic rings. The van der Waals surface area contributed by atoms with Crippen LogP contribution in [0.5, 0.6) is 0 Å². The summed E-state index contributed by atoms with van der Waals surface area (Å²) in [7, 11) is 0. The van der Waals surface area contributed by atoms with Crippen molar-refractivity contribution in [3.05, 3.63) is 34.9 Å². The number of nitrogens with one attached hydrogen (secondary N) is 1. The molecule has 1 N–H and O–H groups in total. The van der Waals surface area contributed by atoms with Crippen LogP contribution < -0.4 is 5.32 Å². The average Bonchev–Trinajstić information content (AvgIpc) is 2.82. The molecule has 1 aromatic carbocycles. The number of carbonyl (C=O) groups excluding carboxylic acids is 1. The van der Waals surface area contributed by atoms with E-state index in [9.17, 15) is 4.79 Å². The van der Waals surface area contributed by atoms with Gasteiger partial charge in [0.2, 0.25) is 0 Å². The van der Waals surface area contributed by atoms with Gasteiger partial charge in [-0.3, -0.25) is 4.79 Å². The Bertz CT molecular complexity index is 393. The number of hydrogen-bond acceptors (Lipinski definition) is 2. The summed E-state index contributed by atoms with van der Waals surface area (Å²) < 4.78 is 0. The first-order valence-electron chi connectivity index (χ1n) is 6.15. The van der Waals surface area contributed by atoms with E-state index >= 15 is 0 Å². The molecule has 0 saturated carbocycles. The van der Waals surface area contributed by atoms with Crippen molar-refractivity contribution >= 4 is 17.4 Å². The third kappa shape index (κ3) is 2.70. The molecule has 0 spiro atoms. The Balaban J connectivity index is 2.08. The Morgan fingerprint density at radius 2 is 2.12 bits per heavy atom. The molecule has 1 saturated heterocycles. The highest BCUT2D eigenvalue weighted by atomic mass is 35.5. The molecule has 0 bridgehead atoms. The first-order valence-corrected chi connectivity index (χ1v) is 6.52. The molecule has 2 nitrogen and oxygen atoms in total. The van der Waals surface area contributed by atoms with Gasteiger partial charge in [0.05, 0.1) is 0 Å². The van der Waals surface area contributed by atoms with Gasteiger partial charge in [0.15, 0.2) is 0 Å². The minimum Gasteiger partial charge on any atom is -0.316 e. The second kappa shape index (κ2) is 5.19. The Hall–Kier alpha value is -0.860. The number of rotatable bonds is 4. The minimum atomic E-state index is -0.139. The number of carbonyl (C=O) groups is 1. The van der Waals surface area contributed by atoms with Crippen LogP contribution in [0.4, 0.5) is 0 Å². The molecule has 0 aromatic heterocycles. The summed E-state index contributed by atoms with van der Waals surface area (Å²) in [4.78, 5) is 12.4. The molecule has 1 aromatic rings. The maximum absolute atomic E-state index is 12.4. The molecule has 17 heavy (non-hydrogen) atoms. The van der Waals surface area contributed by atoms with Gasteiger partial charge in [-0.2, -0.15) is 0 Å². The van der Waals surface area contributed by atoms with Crippen LogP contribution in [0.1, 0.15) is 25.3 Å². The van der Waals surface area contributed by atoms with E-state index in [1.807, 2.05) is 24.3 Å². The normalized spacial score (nSPS) is 23.9. The number of halogens is 1. The third-order valence-electron chi connectivity index (χ3n) is 3.79. The van der Waals surface area contributed by atoms with E-state index < -0.39 is 0 Å². The van der Waals surface area contributed by atoms with Crippen molar-refractivity contribution in [3.63, 3.8) is 0 Å². The number of ketones is 1. The lowest BCUT2D eigenvalue weighted by molar-refractivity contribution is -0.127. The van der Waals surface area contributed by atoms with Crippen molar-refractivity contribution in [1.29, 1.82) is 0 Å². The standard InChI is InChI=1S/C14H18ClNO/c1-2-14(7-8-16-10-14)13(17)9-11-3-5-12(15)6-4-11/h3-6,16H,2,7-10H2,1H3. The number of benzene rings is 1. The quantitative estimate of drug-likeness (QED) is 0.892. The molecule has 0 amide bonds. The molecule has 1 aliphatic heterocycles. The van der Waals surface area contributed by atoms with E-state index in [1.54, 1.807) is 0 Å². The molecule has 1 fully saturated rings. The van der Waals surface area contributed by atoms with Gasteiger partial charge in [-0.15, -0.1) is 0 Å². The highest BCUT2D eigenvalue weighted by Crippen LogP contribution is 2.31. The monoisotopic (exact) mass is 251 g/mol. The Kier molecular flexibility index (Phi) is 3.85. The topological polar surface area (TPSA) is 29.1 Å². The van der Waals surface area contributed by atoms with Crippen molar-refractivity contribution in [2.75, 3.05) is 13.1 Å². The molecular formula is C14H18ClNO. The van der Waals surface area contributed by atoms with Gasteiger partial charge in [-0.25, -0.2) is 0 Å². The van der Waals surface area contributed by atoms with Crippen molar-refractivity contribution in [3.8, 4) is 0 Å². The molecular weight excluding hydrogens is 234 g/mol. The van der Waals surface area contributed by atoms with Crippen LogP contribution in [0.3, 0.4) is 0 Å². The van der Waals surface area contributed by atoms with Crippen LogP contribution in [-0.2, 0) is 11.2 Å². The lowest BCUT2D eigenvalue weighted by Gasteiger charge is -2.24. The molecule has 92 valence electrons. The van der Waals surface area contributed by atoms with Crippen LogP contribution in [-0.4, -0.2) is 18.9 Å². The fourth-order valence-corrected chi connectivity index (χ4v) is 2.58. The predicted molar refractivity (Wildman–Crippen MR) is 70.4 cm³/mol. The number of Topliss-reactive ketones (excluding diaryl/α,β-unsaturated/α-hetero) is 1. The zero-order valence-corrected chi connectivity index (χ0v) is 10.9. The zero-order valence-electron chi connectivity index (χ0n) is 10.1. The number of hydrogen-bond donors (Lipinski definition) is 1. The maximum Gasteiger partial charge on any atom is 0.144 e. The fourth-order valence-electron chi connectivity index (χ4n) is 2.46. The largest absolute Gasteiger partial charge is 0.316 e. The van der Waals surface area contributed by atoms with Gasteiger partial charge in [-0.05, 0) is 37.1 Å². The predicted octanol–water partition coefficient (Wildman–Crippen LogP) is 2.84. The van der Waals surface area contributed by atoms with E-state index in [0.29, 0.717) is 17.2 Å². The van der Waals surface area contributed by atoms with Crippen LogP contribution in [0.15, 0.2) is 24.3 Å². The Labute approximate surface area is 107 Å². The average molecular weight is 252 g/mol. The maximum atomic E-state index is 12.4. The highest BCUT2D eigenvalue weighted by molar-refractivity contribution is 6.30. The smallest absolute Gasteiger partial charge is 0.144 e. The van der Waals surface area contributed by atoms with Crippen molar-refractivity contribution in [2.45, 2.75) is 26.2 Å². The van der Waals surface area contributed by atoms with Gasteiger partial charge in [0.25, 0.3) is 0 Å². The van der Waals surface area contributed by atoms with Crippen LogP contribution in [0, 0.1) is 5.41 Å². The summed E-state index contributed by atoms with van der Waals surface area (Å²) in [6.45, 7) is 3.89. The molecule has 1 heterocycles. The molecule has 2 rings (SSSR count).